The Morgan fingerprint density at radius 2 is 0.919 bits per heavy atom. The van der Waals surface area contributed by atoms with Crippen LogP contribution in [0.4, 0.5) is 17.1 Å². The normalized spacial score (nSPS) is 13.1. The summed E-state index contributed by atoms with van der Waals surface area (Å²) in [6, 6.07) is 72.7. The van der Waals surface area contributed by atoms with Crippen molar-refractivity contribution in [3.05, 3.63) is 211 Å². The van der Waals surface area contributed by atoms with Crippen molar-refractivity contribution in [3.8, 4) is 33.4 Å². The summed E-state index contributed by atoms with van der Waals surface area (Å²) >= 11 is 0. The van der Waals surface area contributed by atoms with Gasteiger partial charge in [-0.2, -0.15) is 0 Å². The van der Waals surface area contributed by atoms with Crippen molar-refractivity contribution in [1.82, 2.24) is 0 Å². The monoisotopic (exact) mass is 793 g/mol. The molecule has 2 aromatic heterocycles. The van der Waals surface area contributed by atoms with Crippen LogP contribution < -0.4 is 4.90 Å². The Morgan fingerprint density at radius 3 is 1.71 bits per heavy atom. The van der Waals surface area contributed by atoms with Crippen LogP contribution in [-0.2, 0) is 5.41 Å². The molecule has 12 aromatic rings. The molecule has 0 amide bonds. The van der Waals surface area contributed by atoms with E-state index in [2.05, 4.69) is 207 Å². The molecule has 62 heavy (non-hydrogen) atoms. The number of para-hydroxylation sites is 2. The van der Waals surface area contributed by atoms with Crippen molar-refractivity contribution in [2.45, 2.75) is 19.3 Å². The van der Waals surface area contributed by atoms with Crippen LogP contribution in [0.15, 0.2) is 209 Å². The van der Waals surface area contributed by atoms with Gasteiger partial charge in [0.05, 0.1) is 5.69 Å². The first kappa shape index (κ1) is 34.9. The fraction of sp³-hybridized carbons (Fsp3) is 0.0508. The zero-order valence-corrected chi connectivity index (χ0v) is 34.3. The third kappa shape index (κ3) is 5.06. The summed E-state index contributed by atoms with van der Waals surface area (Å²) in [6.07, 6.45) is 0. The lowest BCUT2D eigenvalue weighted by Crippen LogP contribution is -2.17. The molecule has 0 atom stereocenters. The number of hydrogen-bond donors (Lipinski definition) is 0. The summed E-state index contributed by atoms with van der Waals surface area (Å²) in [6.45, 7) is 4.71. The molecule has 1 aliphatic rings. The first-order valence-corrected chi connectivity index (χ1v) is 21.4. The molecule has 0 bridgehead atoms. The van der Waals surface area contributed by atoms with Crippen LogP contribution >= 0.6 is 0 Å². The van der Waals surface area contributed by atoms with Gasteiger partial charge < -0.3 is 13.7 Å². The molecule has 0 spiro atoms. The highest BCUT2D eigenvalue weighted by atomic mass is 16.3. The van der Waals surface area contributed by atoms with Crippen molar-refractivity contribution in [1.29, 1.82) is 0 Å². The SMILES string of the molecule is CC1(C)c2ccccc2-c2ccc(N(c3ccc4c(c3)oc3ccccc34)c3cccc(-c4cc5ccccc5c5ccccc45)c3-c3ccc4c(c3)oc3ccccc34)cc21. The van der Waals surface area contributed by atoms with Gasteiger partial charge in [-0.05, 0) is 121 Å². The smallest absolute Gasteiger partial charge is 0.137 e. The van der Waals surface area contributed by atoms with Crippen LogP contribution in [0.2, 0.25) is 0 Å². The molecular formula is C59H39NO2. The van der Waals surface area contributed by atoms with Crippen LogP contribution in [-0.4, -0.2) is 0 Å². The maximum Gasteiger partial charge on any atom is 0.137 e. The van der Waals surface area contributed by atoms with Gasteiger partial charge in [-0.25, -0.2) is 0 Å². The van der Waals surface area contributed by atoms with Gasteiger partial charge in [-0.15, -0.1) is 0 Å². The quantitative estimate of drug-likeness (QED) is 0.163. The van der Waals surface area contributed by atoms with Gasteiger partial charge in [0.2, 0.25) is 0 Å². The van der Waals surface area contributed by atoms with E-state index in [0.29, 0.717) is 0 Å². The van der Waals surface area contributed by atoms with E-state index >= 15 is 0 Å². The topological polar surface area (TPSA) is 29.5 Å². The summed E-state index contributed by atoms with van der Waals surface area (Å²) in [5.41, 5.74) is 16.2. The molecule has 3 nitrogen and oxygen atoms in total. The molecule has 0 radical (unpaired) electrons. The van der Waals surface area contributed by atoms with Crippen molar-refractivity contribution in [3.63, 3.8) is 0 Å². The number of anilines is 3. The van der Waals surface area contributed by atoms with E-state index in [4.69, 9.17) is 8.83 Å². The van der Waals surface area contributed by atoms with E-state index < -0.39 is 0 Å². The molecule has 0 N–H and O–H groups in total. The van der Waals surface area contributed by atoms with E-state index in [1.54, 1.807) is 0 Å². The van der Waals surface area contributed by atoms with Gasteiger partial charge >= 0.3 is 0 Å². The Morgan fingerprint density at radius 1 is 0.355 bits per heavy atom. The minimum Gasteiger partial charge on any atom is -0.456 e. The molecule has 3 heteroatoms. The van der Waals surface area contributed by atoms with Crippen molar-refractivity contribution < 1.29 is 8.83 Å². The third-order valence-corrected chi connectivity index (χ3v) is 13.5. The first-order chi connectivity index (χ1) is 30.5. The van der Waals surface area contributed by atoms with E-state index in [-0.39, 0.29) is 5.41 Å². The fourth-order valence-electron chi connectivity index (χ4n) is 10.5. The molecule has 0 saturated carbocycles. The van der Waals surface area contributed by atoms with Crippen LogP contribution in [0.5, 0.6) is 0 Å². The largest absolute Gasteiger partial charge is 0.456 e. The Hall–Kier alpha value is -7.88. The molecular weight excluding hydrogens is 755 g/mol. The maximum atomic E-state index is 6.61. The summed E-state index contributed by atoms with van der Waals surface area (Å²) < 4.78 is 13.2. The van der Waals surface area contributed by atoms with Gasteiger partial charge in [0, 0.05) is 50.0 Å². The van der Waals surface area contributed by atoms with E-state index in [9.17, 15) is 0 Å². The predicted octanol–water partition coefficient (Wildman–Crippen LogP) is 16.9. The Bertz CT molecular complexity index is 3810. The second kappa shape index (κ2) is 13.1. The highest BCUT2D eigenvalue weighted by molar-refractivity contribution is 6.16. The second-order valence-electron chi connectivity index (χ2n) is 17.2. The van der Waals surface area contributed by atoms with Gasteiger partial charge in [0.25, 0.3) is 0 Å². The average Bonchev–Trinajstić information content (AvgIpc) is 3.95. The van der Waals surface area contributed by atoms with Crippen LogP contribution in [0.3, 0.4) is 0 Å². The van der Waals surface area contributed by atoms with Gasteiger partial charge in [-0.3, -0.25) is 0 Å². The van der Waals surface area contributed by atoms with E-state index in [1.807, 2.05) is 12.1 Å². The lowest BCUT2D eigenvalue weighted by Gasteiger charge is -2.31. The van der Waals surface area contributed by atoms with Crippen LogP contribution in [0, 0.1) is 0 Å². The number of nitrogens with zero attached hydrogens (tertiary/aromatic N) is 1. The van der Waals surface area contributed by atoms with Crippen molar-refractivity contribution in [2.24, 2.45) is 0 Å². The minimum absolute atomic E-state index is 0.183. The van der Waals surface area contributed by atoms with Gasteiger partial charge in [0.1, 0.15) is 22.3 Å². The number of furan rings is 2. The molecule has 0 aliphatic heterocycles. The number of benzene rings is 10. The lowest BCUT2D eigenvalue weighted by atomic mass is 9.82. The van der Waals surface area contributed by atoms with Gasteiger partial charge in [-0.1, -0.05) is 147 Å². The zero-order chi connectivity index (χ0) is 41.1. The molecule has 0 fully saturated rings. The highest BCUT2D eigenvalue weighted by Crippen LogP contribution is 2.53. The van der Waals surface area contributed by atoms with E-state index in [0.717, 1.165) is 77.6 Å². The minimum atomic E-state index is -0.183. The summed E-state index contributed by atoms with van der Waals surface area (Å²) in [7, 11) is 0. The third-order valence-electron chi connectivity index (χ3n) is 13.5. The van der Waals surface area contributed by atoms with E-state index in [1.165, 1.54) is 49.4 Å². The maximum absolute atomic E-state index is 6.61. The van der Waals surface area contributed by atoms with Crippen molar-refractivity contribution in [2.75, 3.05) is 4.90 Å². The lowest BCUT2D eigenvalue weighted by molar-refractivity contribution is 0.660. The fourth-order valence-corrected chi connectivity index (χ4v) is 10.5. The molecule has 13 rings (SSSR count). The average molecular weight is 794 g/mol. The Balaban J connectivity index is 1.13. The summed E-state index contributed by atoms with van der Waals surface area (Å²) in [5.74, 6) is 0. The number of hydrogen-bond acceptors (Lipinski definition) is 3. The molecule has 292 valence electrons. The summed E-state index contributed by atoms with van der Waals surface area (Å²) in [4.78, 5) is 2.44. The van der Waals surface area contributed by atoms with Crippen molar-refractivity contribution >= 4 is 82.5 Å². The second-order valence-corrected chi connectivity index (χ2v) is 17.2. The van der Waals surface area contributed by atoms with Crippen LogP contribution in [0.1, 0.15) is 25.0 Å². The first-order valence-electron chi connectivity index (χ1n) is 21.4. The highest BCUT2D eigenvalue weighted by Gasteiger charge is 2.36. The molecule has 0 unspecified atom stereocenters. The number of rotatable bonds is 5. The molecule has 2 heterocycles. The van der Waals surface area contributed by atoms with Crippen LogP contribution in [0.25, 0.3) is 98.8 Å². The predicted molar refractivity (Wildman–Crippen MR) is 259 cm³/mol. The molecule has 1 aliphatic carbocycles. The number of fused-ring (bicyclic) bond motifs is 12. The summed E-state index contributed by atoms with van der Waals surface area (Å²) in [5, 5.41) is 9.33. The Kier molecular flexibility index (Phi) is 7.36. The molecule has 0 saturated heterocycles. The van der Waals surface area contributed by atoms with Gasteiger partial charge in [0.15, 0.2) is 0 Å². The zero-order valence-electron chi connectivity index (χ0n) is 34.3. The standard InChI is InChI=1S/C59H39NO2/c1-59(2)51-22-10-7-18-43(51)44-30-27-38(34-52(44)59)60(39-28-31-48-46-20-9-12-25-55(46)62-57(48)35-39)53-23-13-21-49(50-32-36-14-3-4-15-40(36)41-16-5-6-17-42(41)50)58(53)37-26-29-47-45-19-8-11-24-54(45)61-56(47)33-37/h3-35H,1-2H3. The Labute approximate surface area is 358 Å². The molecule has 10 aromatic carbocycles.